The summed E-state index contributed by atoms with van der Waals surface area (Å²) in [6.45, 7) is 8.24. The first-order valence-corrected chi connectivity index (χ1v) is 12.6. The molecular formula is C27H34N2O10. The molecule has 1 aliphatic rings. The van der Waals surface area contributed by atoms with Crippen molar-refractivity contribution >= 4 is 23.9 Å². The topological polar surface area (TPSA) is 152 Å². The summed E-state index contributed by atoms with van der Waals surface area (Å²) in [7, 11) is 0. The van der Waals surface area contributed by atoms with Crippen LogP contribution in [0.15, 0.2) is 24.3 Å². The van der Waals surface area contributed by atoms with Crippen molar-refractivity contribution < 1.29 is 47.6 Å². The number of H-pyrrole nitrogens is 1. The summed E-state index contributed by atoms with van der Waals surface area (Å²) in [4.78, 5) is 47.5. The summed E-state index contributed by atoms with van der Waals surface area (Å²) in [5, 5.41) is 7.15. The van der Waals surface area contributed by atoms with Crippen molar-refractivity contribution in [3.8, 4) is 5.88 Å². The third-order valence-electron chi connectivity index (χ3n) is 6.02. The highest BCUT2D eigenvalue weighted by Crippen LogP contribution is 2.32. The lowest BCUT2D eigenvalue weighted by molar-refractivity contribution is -0.289. The fraction of sp³-hybridized carbons (Fsp3) is 0.519. The average molecular weight is 547 g/mol. The van der Waals surface area contributed by atoms with Gasteiger partial charge >= 0.3 is 23.9 Å². The van der Waals surface area contributed by atoms with Crippen molar-refractivity contribution in [3.63, 3.8) is 0 Å². The van der Waals surface area contributed by atoms with Gasteiger partial charge in [0.1, 0.15) is 12.7 Å². The quantitative estimate of drug-likeness (QED) is 0.345. The van der Waals surface area contributed by atoms with Gasteiger partial charge in [0.15, 0.2) is 12.2 Å². The Morgan fingerprint density at radius 2 is 1.41 bits per heavy atom. The van der Waals surface area contributed by atoms with Gasteiger partial charge < -0.3 is 28.4 Å². The number of carbonyl (C=O) groups excluding carboxylic acids is 4. The molecule has 2 aromatic rings. The molecule has 1 aromatic heterocycles. The van der Waals surface area contributed by atoms with Crippen molar-refractivity contribution in [1.29, 1.82) is 0 Å². The van der Waals surface area contributed by atoms with Gasteiger partial charge in [-0.25, -0.2) is 0 Å². The van der Waals surface area contributed by atoms with E-state index in [9.17, 15) is 19.2 Å². The first-order chi connectivity index (χ1) is 18.5. The van der Waals surface area contributed by atoms with Crippen LogP contribution in [-0.4, -0.2) is 71.4 Å². The van der Waals surface area contributed by atoms with E-state index in [1.807, 2.05) is 31.2 Å². The number of nitrogens with zero attached hydrogens (tertiary/aromatic N) is 1. The van der Waals surface area contributed by atoms with E-state index in [1.165, 1.54) is 12.5 Å². The summed E-state index contributed by atoms with van der Waals surface area (Å²) in [6, 6.07) is 8.13. The number of aromatic nitrogens is 2. The van der Waals surface area contributed by atoms with E-state index in [-0.39, 0.29) is 12.5 Å². The lowest BCUT2D eigenvalue weighted by atomic mass is 9.98. The molecule has 1 saturated heterocycles. The summed E-state index contributed by atoms with van der Waals surface area (Å²) < 4.78 is 33.6. The molecule has 0 radical (unpaired) electrons. The Bertz CT molecular complexity index is 1180. The third kappa shape index (κ3) is 8.03. The van der Waals surface area contributed by atoms with Crippen LogP contribution in [-0.2, 0) is 55.7 Å². The summed E-state index contributed by atoms with van der Waals surface area (Å²) in [5.41, 5.74) is 3.70. The Kier molecular flexibility index (Phi) is 10.0. The predicted octanol–water partition coefficient (Wildman–Crippen LogP) is 2.33. The van der Waals surface area contributed by atoms with Crippen LogP contribution in [0.1, 0.15) is 57.0 Å². The molecule has 0 spiro atoms. The Morgan fingerprint density at radius 1 is 0.846 bits per heavy atom. The molecule has 1 aliphatic heterocycles. The van der Waals surface area contributed by atoms with Crippen LogP contribution in [0.25, 0.3) is 0 Å². The Labute approximate surface area is 226 Å². The molecule has 0 amide bonds. The molecule has 39 heavy (non-hydrogen) atoms. The molecule has 5 atom stereocenters. The number of nitrogens with one attached hydrogen (secondary N) is 1. The van der Waals surface area contributed by atoms with E-state index >= 15 is 0 Å². The molecule has 1 N–H and O–H groups in total. The number of esters is 4. The van der Waals surface area contributed by atoms with Gasteiger partial charge in [0, 0.05) is 45.4 Å². The van der Waals surface area contributed by atoms with Crippen molar-refractivity contribution in [2.75, 3.05) is 6.61 Å². The second kappa shape index (κ2) is 13.2. The predicted molar refractivity (Wildman–Crippen MR) is 135 cm³/mol. The van der Waals surface area contributed by atoms with Crippen LogP contribution in [0.4, 0.5) is 0 Å². The van der Waals surface area contributed by atoms with Gasteiger partial charge in [-0.05, 0) is 24.5 Å². The van der Waals surface area contributed by atoms with Gasteiger partial charge in [-0.15, -0.1) is 5.10 Å². The summed E-state index contributed by atoms with van der Waals surface area (Å²) in [6.07, 6.45) is -5.04. The number of hydrogen-bond acceptors (Lipinski definition) is 11. The zero-order chi connectivity index (χ0) is 28.7. The third-order valence-corrected chi connectivity index (χ3v) is 6.02. The zero-order valence-electron chi connectivity index (χ0n) is 22.8. The van der Waals surface area contributed by atoms with Crippen molar-refractivity contribution in [1.82, 2.24) is 10.2 Å². The number of carbonyl (C=O) groups is 4. The first-order valence-electron chi connectivity index (χ1n) is 12.6. The van der Waals surface area contributed by atoms with E-state index in [0.29, 0.717) is 6.42 Å². The monoisotopic (exact) mass is 546 g/mol. The minimum Gasteiger partial charge on any atom is -0.463 e. The molecule has 12 nitrogen and oxygen atoms in total. The SMILES string of the molecule is CCc1ccc(Cc2c(OC3O[C@H](COC(C)=O)[C@@H](OC(C)=O)[C@H](OC(C)=O)[C@H]3OC(C)=O)n[nH]c2C)cc1. The van der Waals surface area contributed by atoms with E-state index in [1.54, 1.807) is 0 Å². The van der Waals surface area contributed by atoms with Crippen molar-refractivity contribution in [3.05, 3.63) is 46.6 Å². The smallest absolute Gasteiger partial charge is 0.303 e. The highest BCUT2D eigenvalue weighted by molar-refractivity contribution is 5.68. The van der Waals surface area contributed by atoms with Crippen LogP contribution < -0.4 is 4.74 Å². The van der Waals surface area contributed by atoms with Crippen LogP contribution in [0.3, 0.4) is 0 Å². The Balaban J connectivity index is 1.97. The second-order valence-corrected chi connectivity index (χ2v) is 9.16. The largest absolute Gasteiger partial charge is 0.463 e. The summed E-state index contributed by atoms with van der Waals surface area (Å²) in [5.74, 6) is -2.60. The normalized spacial score (nSPS) is 22.5. The first kappa shape index (κ1) is 29.6. The van der Waals surface area contributed by atoms with Gasteiger partial charge in [0.2, 0.25) is 18.3 Å². The van der Waals surface area contributed by atoms with Gasteiger partial charge in [-0.2, -0.15) is 0 Å². The Morgan fingerprint density at radius 3 is 1.97 bits per heavy atom. The standard InChI is InChI=1S/C27H34N2O10/c1-7-19-8-10-20(11-9-19)12-21-14(2)28-29-26(21)39-27-25(37-18(6)33)24(36-17(5)32)23(35-16(4)31)22(38-27)13-34-15(3)30/h8-11,22-25,27H,7,12-13H2,1-6H3,(H,28,29)/t22-,23-,24+,25-,27?/m1/s1. The zero-order valence-corrected chi connectivity index (χ0v) is 22.8. The average Bonchev–Trinajstić information content (AvgIpc) is 3.19. The molecule has 0 saturated carbocycles. The number of ether oxygens (including phenoxy) is 6. The maximum Gasteiger partial charge on any atom is 0.303 e. The Hall–Kier alpha value is -3.93. The number of aryl methyl sites for hydroxylation is 2. The maximum absolute atomic E-state index is 12.1. The highest BCUT2D eigenvalue weighted by Gasteiger charge is 2.53. The van der Waals surface area contributed by atoms with Crippen molar-refractivity contribution in [2.45, 2.75) is 85.1 Å². The van der Waals surface area contributed by atoms with Gasteiger partial charge in [0.25, 0.3) is 0 Å². The van der Waals surface area contributed by atoms with Gasteiger partial charge in [-0.3, -0.25) is 24.3 Å². The molecule has 12 heteroatoms. The maximum atomic E-state index is 12.1. The van der Waals surface area contributed by atoms with Gasteiger partial charge in [0.05, 0.1) is 0 Å². The van der Waals surface area contributed by atoms with E-state index in [0.717, 1.165) is 44.0 Å². The molecule has 0 bridgehead atoms. The number of aromatic amines is 1. The number of hydrogen-bond donors (Lipinski definition) is 1. The number of rotatable bonds is 10. The van der Waals surface area contributed by atoms with E-state index < -0.39 is 54.6 Å². The fourth-order valence-corrected chi connectivity index (χ4v) is 4.23. The molecule has 1 aromatic carbocycles. The molecule has 212 valence electrons. The highest BCUT2D eigenvalue weighted by atomic mass is 16.7. The lowest BCUT2D eigenvalue weighted by Gasteiger charge is -2.43. The molecule has 1 fully saturated rings. The number of benzene rings is 1. The van der Waals surface area contributed by atoms with Crippen LogP contribution in [0, 0.1) is 6.92 Å². The van der Waals surface area contributed by atoms with E-state index in [4.69, 9.17) is 28.4 Å². The molecule has 1 unspecified atom stereocenters. The van der Waals surface area contributed by atoms with Crippen LogP contribution >= 0.6 is 0 Å². The van der Waals surface area contributed by atoms with E-state index in [2.05, 4.69) is 17.1 Å². The minimum atomic E-state index is -1.37. The minimum absolute atomic E-state index is 0.174. The van der Waals surface area contributed by atoms with Gasteiger partial charge in [-0.1, -0.05) is 31.2 Å². The van der Waals surface area contributed by atoms with Crippen LogP contribution in [0.5, 0.6) is 5.88 Å². The molecule has 2 heterocycles. The molecule has 3 rings (SSSR count). The lowest BCUT2D eigenvalue weighted by Crippen LogP contribution is -2.63. The summed E-state index contributed by atoms with van der Waals surface area (Å²) >= 11 is 0. The fourth-order valence-electron chi connectivity index (χ4n) is 4.23. The molecule has 0 aliphatic carbocycles. The molecular weight excluding hydrogens is 512 g/mol. The second-order valence-electron chi connectivity index (χ2n) is 9.16. The van der Waals surface area contributed by atoms with Crippen molar-refractivity contribution in [2.24, 2.45) is 0 Å². The van der Waals surface area contributed by atoms with Crippen LogP contribution in [0.2, 0.25) is 0 Å².